The predicted molar refractivity (Wildman–Crippen MR) is 128 cm³/mol. The van der Waals surface area contributed by atoms with Crippen molar-refractivity contribution in [2.75, 3.05) is 6.54 Å². The molecule has 3 heterocycles. The van der Waals surface area contributed by atoms with Gasteiger partial charge in [0.2, 0.25) is 0 Å². The smallest absolute Gasteiger partial charge is 0.272 e. The summed E-state index contributed by atoms with van der Waals surface area (Å²) in [6, 6.07) is 12.7. The van der Waals surface area contributed by atoms with Gasteiger partial charge in [0.05, 0.1) is 11.4 Å². The van der Waals surface area contributed by atoms with E-state index in [9.17, 15) is 4.79 Å². The van der Waals surface area contributed by atoms with Crippen LogP contribution in [-0.4, -0.2) is 37.7 Å². The molecule has 168 valence electrons. The van der Waals surface area contributed by atoms with Gasteiger partial charge >= 0.3 is 0 Å². The zero-order chi connectivity index (χ0) is 22.8. The summed E-state index contributed by atoms with van der Waals surface area (Å²) in [4.78, 5) is 16.2. The first-order valence-corrected chi connectivity index (χ1v) is 11.7. The molecule has 2 aromatic heterocycles. The molecule has 2 unspecified atom stereocenters. The van der Waals surface area contributed by atoms with Crippen LogP contribution in [0.1, 0.15) is 61.6 Å². The molecule has 1 saturated heterocycles. The van der Waals surface area contributed by atoms with Gasteiger partial charge in [-0.2, -0.15) is 5.10 Å². The second kappa shape index (κ2) is 7.09. The molecule has 0 radical (unpaired) electrons. The molecule has 1 aliphatic heterocycles. The van der Waals surface area contributed by atoms with Crippen LogP contribution < -0.4 is 0 Å². The highest BCUT2D eigenvalue weighted by Crippen LogP contribution is 2.52. The fourth-order valence-electron chi connectivity index (χ4n) is 6.46. The third-order valence-corrected chi connectivity index (χ3v) is 7.39. The number of carbonyl (C=O) groups is 1. The van der Waals surface area contributed by atoms with E-state index in [0.717, 1.165) is 42.0 Å². The van der Waals surface area contributed by atoms with Gasteiger partial charge in [-0.05, 0) is 73.8 Å². The quantitative estimate of drug-likeness (QED) is 0.548. The van der Waals surface area contributed by atoms with Crippen molar-refractivity contribution >= 4 is 5.91 Å². The second-order valence-corrected chi connectivity index (χ2v) is 11.3. The Morgan fingerprint density at radius 1 is 1.09 bits per heavy atom. The summed E-state index contributed by atoms with van der Waals surface area (Å²) in [5.41, 5.74) is 6.26. The summed E-state index contributed by atoms with van der Waals surface area (Å²) in [7, 11) is 2.01. The number of fused-ring (bicyclic) bond motifs is 2. The predicted octanol–water partition coefficient (Wildman–Crippen LogP) is 5.54. The highest BCUT2D eigenvalue weighted by atomic mass is 16.2. The first-order chi connectivity index (χ1) is 15.1. The van der Waals surface area contributed by atoms with Crippen molar-refractivity contribution in [1.29, 1.82) is 0 Å². The van der Waals surface area contributed by atoms with Crippen molar-refractivity contribution < 1.29 is 4.79 Å². The lowest BCUT2D eigenvalue weighted by Gasteiger charge is -2.39. The average Bonchev–Trinajstić information content (AvgIpc) is 3.36. The van der Waals surface area contributed by atoms with E-state index in [0.29, 0.717) is 11.7 Å². The van der Waals surface area contributed by atoms with Crippen LogP contribution in [0, 0.1) is 24.7 Å². The molecule has 2 bridgehead atoms. The van der Waals surface area contributed by atoms with Crippen molar-refractivity contribution in [2.24, 2.45) is 17.9 Å². The number of rotatable bonds is 3. The number of aromatic nitrogens is 3. The minimum Gasteiger partial charge on any atom is -0.349 e. The van der Waals surface area contributed by atoms with E-state index in [1.54, 1.807) is 0 Å². The third kappa shape index (κ3) is 3.48. The monoisotopic (exact) mass is 430 g/mol. The Balaban J connectivity index is 1.61. The van der Waals surface area contributed by atoms with Gasteiger partial charge in [-0.25, -0.2) is 4.68 Å². The lowest BCUT2D eigenvalue weighted by molar-refractivity contribution is 0.0699. The number of nitrogens with zero attached hydrogens (tertiary/aromatic N) is 4. The van der Waals surface area contributed by atoms with Crippen LogP contribution in [0.4, 0.5) is 0 Å². The molecule has 5 rings (SSSR count). The van der Waals surface area contributed by atoms with E-state index in [4.69, 9.17) is 5.10 Å². The van der Waals surface area contributed by atoms with Gasteiger partial charge in [0.25, 0.3) is 5.91 Å². The van der Waals surface area contributed by atoms with Crippen LogP contribution in [0.25, 0.3) is 17.1 Å². The van der Waals surface area contributed by atoms with Gasteiger partial charge in [-0.1, -0.05) is 38.5 Å². The van der Waals surface area contributed by atoms with Crippen LogP contribution >= 0.6 is 0 Å². The van der Waals surface area contributed by atoms with Crippen molar-refractivity contribution in [3.63, 3.8) is 0 Å². The van der Waals surface area contributed by atoms with Crippen LogP contribution in [0.5, 0.6) is 0 Å². The minimum atomic E-state index is 0.101. The summed E-state index contributed by atoms with van der Waals surface area (Å²) in [6.07, 6.45) is 5.35. The Morgan fingerprint density at radius 3 is 2.56 bits per heavy atom. The molecular formula is C27H34N4O. The van der Waals surface area contributed by atoms with Crippen molar-refractivity contribution in [3.05, 3.63) is 59.4 Å². The minimum absolute atomic E-state index is 0.101. The maximum absolute atomic E-state index is 14.0. The molecule has 32 heavy (non-hydrogen) atoms. The summed E-state index contributed by atoms with van der Waals surface area (Å²) in [6.45, 7) is 12.1. The van der Waals surface area contributed by atoms with E-state index >= 15 is 0 Å². The molecule has 2 fully saturated rings. The number of hydrogen-bond acceptors (Lipinski definition) is 2. The van der Waals surface area contributed by atoms with Gasteiger partial charge in [-0.15, -0.1) is 0 Å². The SMILES string of the molecule is Cc1ccc(-n2nc(-c3cccn3C)cc2C(=O)N2CC3(C)CC2CC(C)(C)C3)c(C)c1. The first-order valence-electron chi connectivity index (χ1n) is 11.7. The van der Waals surface area contributed by atoms with Gasteiger partial charge in [0, 0.05) is 25.8 Å². The summed E-state index contributed by atoms with van der Waals surface area (Å²) >= 11 is 0. The number of benzene rings is 1. The lowest BCUT2D eigenvalue weighted by Crippen LogP contribution is -2.38. The molecule has 1 amide bonds. The zero-order valence-electron chi connectivity index (χ0n) is 20.1. The number of amides is 1. The van der Waals surface area contributed by atoms with E-state index in [1.165, 1.54) is 12.0 Å². The van der Waals surface area contributed by atoms with Crippen LogP contribution in [0.2, 0.25) is 0 Å². The molecule has 5 heteroatoms. The lowest BCUT2D eigenvalue weighted by atomic mass is 9.65. The molecule has 1 saturated carbocycles. The molecule has 2 aliphatic rings. The highest BCUT2D eigenvalue weighted by molar-refractivity contribution is 5.95. The van der Waals surface area contributed by atoms with Gasteiger partial charge in [-0.3, -0.25) is 4.79 Å². The molecule has 0 N–H and O–H groups in total. The average molecular weight is 431 g/mol. The van der Waals surface area contributed by atoms with Crippen molar-refractivity contribution in [3.8, 4) is 17.1 Å². The normalized spacial score (nSPS) is 24.2. The number of hydrogen-bond donors (Lipinski definition) is 0. The largest absolute Gasteiger partial charge is 0.349 e. The number of aryl methyl sites for hydroxylation is 3. The Hall–Kier alpha value is -2.82. The Kier molecular flexibility index (Phi) is 4.66. The van der Waals surface area contributed by atoms with Crippen molar-refractivity contribution in [1.82, 2.24) is 19.2 Å². The van der Waals surface area contributed by atoms with E-state index < -0.39 is 0 Å². The molecular weight excluding hydrogens is 396 g/mol. The maximum Gasteiger partial charge on any atom is 0.272 e. The van der Waals surface area contributed by atoms with E-state index in [-0.39, 0.29) is 16.7 Å². The van der Waals surface area contributed by atoms with Crippen LogP contribution in [0.3, 0.4) is 0 Å². The molecule has 1 aromatic carbocycles. The number of likely N-dealkylation sites (tertiary alicyclic amines) is 1. The Labute approximate surface area is 191 Å². The molecule has 5 nitrogen and oxygen atoms in total. The van der Waals surface area contributed by atoms with Crippen molar-refractivity contribution in [2.45, 2.75) is 59.9 Å². The first kappa shape index (κ1) is 21.0. The fourth-order valence-corrected chi connectivity index (χ4v) is 6.46. The summed E-state index contributed by atoms with van der Waals surface area (Å²) in [5.74, 6) is 0.101. The number of carbonyl (C=O) groups excluding carboxylic acids is 1. The maximum atomic E-state index is 14.0. The Bertz CT molecular complexity index is 1200. The topological polar surface area (TPSA) is 43.1 Å². The third-order valence-electron chi connectivity index (χ3n) is 7.39. The fraction of sp³-hybridized carbons (Fsp3) is 0.481. The standard InChI is InChI=1S/C27H34N4O/c1-18-9-10-22(19(2)12-18)31-24(13-21(28-31)23-8-7-11-29(23)6)25(32)30-17-27(5)15-20(30)14-26(3,4)16-27/h7-13,20H,14-17H2,1-6H3. The zero-order valence-corrected chi connectivity index (χ0v) is 20.1. The van der Waals surface area contributed by atoms with E-state index in [2.05, 4.69) is 68.4 Å². The summed E-state index contributed by atoms with van der Waals surface area (Å²) in [5, 5.41) is 4.95. The van der Waals surface area contributed by atoms with Gasteiger partial charge in [0.15, 0.2) is 0 Å². The Morgan fingerprint density at radius 2 is 1.88 bits per heavy atom. The van der Waals surface area contributed by atoms with Gasteiger partial charge < -0.3 is 9.47 Å². The highest BCUT2D eigenvalue weighted by Gasteiger charge is 2.51. The second-order valence-electron chi connectivity index (χ2n) is 11.3. The van der Waals surface area contributed by atoms with Crippen LogP contribution in [0.15, 0.2) is 42.6 Å². The summed E-state index contributed by atoms with van der Waals surface area (Å²) < 4.78 is 3.92. The molecule has 0 spiro atoms. The van der Waals surface area contributed by atoms with Gasteiger partial charge in [0.1, 0.15) is 11.4 Å². The molecule has 1 aliphatic carbocycles. The molecule has 3 aromatic rings. The molecule has 2 atom stereocenters. The van der Waals surface area contributed by atoms with E-state index in [1.807, 2.05) is 30.1 Å². The van der Waals surface area contributed by atoms with Crippen LogP contribution in [-0.2, 0) is 7.05 Å².